The third-order valence-corrected chi connectivity index (χ3v) is 2.98. The van der Waals surface area contributed by atoms with Crippen molar-refractivity contribution < 1.29 is 4.74 Å². The van der Waals surface area contributed by atoms with Crippen LogP contribution in [0.3, 0.4) is 0 Å². The van der Waals surface area contributed by atoms with Crippen LogP contribution in [0, 0.1) is 0 Å². The molecule has 2 aromatic rings. The van der Waals surface area contributed by atoms with Crippen LogP contribution >= 0.6 is 28.1 Å². The maximum atomic E-state index is 5.66. The monoisotopic (exact) mass is 322 g/mol. The Kier molecular flexibility index (Phi) is 4.28. The molecule has 0 aliphatic heterocycles. The Morgan fingerprint density at radius 2 is 2.17 bits per heavy atom. The van der Waals surface area contributed by atoms with Gasteiger partial charge in [-0.15, -0.1) is 0 Å². The fourth-order valence-corrected chi connectivity index (χ4v) is 1.99. The molecule has 1 heterocycles. The predicted molar refractivity (Wildman–Crippen MR) is 78.6 cm³/mol. The highest BCUT2D eigenvalue weighted by atomic mass is 79.9. The molecule has 0 atom stereocenters. The molecule has 0 unspecified atom stereocenters. The highest BCUT2D eigenvalue weighted by Gasteiger charge is 2.01. The quantitative estimate of drug-likeness (QED) is 0.879. The normalized spacial score (nSPS) is 10.1. The van der Waals surface area contributed by atoms with Crippen molar-refractivity contribution in [3.05, 3.63) is 58.3 Å². The Balaban J connectivity index is 2.06. The van der Waals surface area contributed by atoms with Crippen LogP contribution in [0.25, 0.3) is 0 Å². The summed E-state index contributed by atoms with van der Waals surface area (Å²) in [7, 11) is 0. The molecule has 92 valence electrons. The van der Waals surface area contributed by atoms with E-state index >= 15 is 0 Å². The van der Waals surface area contributed by atoms with E-state index in [2.05, 4.69) is 20.9 Å². The number of nitrogens with two attached hydrogens (primary N) is 1. The number of hydrogen-bond donors (Lipinski definition) is 1. The SMILES string of the molecule is NC(=S)c1cc(OCc2cccc(Br)c2)ccn1. The molecule has 5 heteroatoms. The van der Waals surface area contributed by atoms with Crippen LogP contribution in [0.15, 0.2) is 47.1 Å². The van der Waals surface area contributed by atoms with Gasteiger partial charge in [0.05, 0.1) is 0 Å². The summed E-state index contributed by atoms with van der Waals surface area (Å²) in [4.78, 5) is 4.32. The lowest BCUT2D eigenvalue weighted by Gasteiger charge is -2.07. The minimum atomic E-state index is 0.267. The Morgan fingerprint density at radius 3 is 2.89 bits per heavy atom. The first-order valence-corrected chi connectivity index (χ1v) is 6.48. The van der Waals surface area contributed by atoms with Crippen molar-refractivity contribution in [3.63, 3.8) is 0 Å². The topological polar surface area (TPSA) is 48.1 Å². The molecule has 1 aromatic heterocycles. The van der Waals surface area contributed by atoms with Gasteiger partial charge in [0, 0.05) is 16.7 Å². The second kappa shape index (κ2) is 5.93. The summed E-state index contributed by atoms with van der Waals surface area (Å²) in [5.41, 5.74) is 7.16. The van der Waals surface area contributed by atoms with Crippen LogP contribution in [0.2, 0.25) is 0 Å². The molecule has 0 spiro atoms. The second-order valence-corrected chi connectivity index (χ2v) is 5.02. The number of hydrogen-bond acceptors (Lipinski definition) is 3. The van der Waals surface area contributed by atoms with Crippen molar-refractivity contribution >= 4 is 33.1 Å². The molecule has 0 saturated heterocycles. The van der Waals surface area contributed by atoms with Crippen molar-refractivity contribution in [1.29, 1.82) is 0 Å². The first-order chi connectivity index (χ1) is 8.65. The Bertz CT molecular complexity index is 574. The van der Waals surface area contributed by atoms with Gasteiger partial charge in [0.1, 0.15) is 23.0 Å². The van der Waals surface area contributed by atoms with Crippen molar-refractivity contribution in [3.8, 4) is 5.75 Å². The first kappa shape index (κ1) is 13.0. The predicted octanol–water partition coefficient (Wildman–Crippen LogP) is 3.06. The summed E-state index contributed by atoms with van der Waals surface area (Å²) in [6, 6.07) is 11.5. The molecule has 0 aliphatic carbocycles. The average Bonchev–Trinajstić information content (AvgIpc) is 2.37. The number of aromatic nitrogens is 1. The Morgan fingerprint density at radius 1 is 1.33 bits per heavy atom. The van der Waals surface area contributed by atoms with Crippen LogP contribution in [-0.2, 0) is 6.61 Å². The smallest absolute Gasteiger partial charge is 0.123 e. The lowest BCUT2D eigenvalue weighted by molar-refractivity contribution is 0.306. The van der Waals surface area contributed by atoms with E-state index in [0.29, 0.717) is 18.1 Å². The van der Waals surface area contributed by atoms with Gasteiger partial charge in [-0.25, -0.2) is 0 Å². The van der Waals surface area contributed by atoms with Crippen LogP contribution in [0.1, 0.15) is 11.3 Å². The zero-order valence-electron chi connectivity index (χ0n) is 9.47. The minimum absolute atomic E-state index is 0.267. The number of halogens is 1. The van der Waals surface area contributed by atoms with Crippen molar-refractivity contribution in [2.75, 3.05) is 0 Å². The molecule has 0 amide bonds. The van der Waals surface area contributed by atoms with E-state index in [0.717, 1.165) is 10.0 Å². The van der Waals surface area contributed by atoms with E-state index in [-0.39, 0.29) is 4.99 Å². The van der Waals surface area contributed by atoms with Gasteiger partial charge in [-0.2, -0.15) is 0 Å². The highest BCUT2D eigenvalue weighted by Crippen LogP contribution is 2.16. The van der Waals surface area contributed by atoms with Crippen LogP contribution < -0.4 is 10.5 Å². The van der Waals surface area contributed by atoms with E-state index < -0.39 is 0 Å². The molecule has 0 aliphatic rings. The summed E-state index contributed by atoms with van der Waals surface area (Å²) in [6.07, 6.45) is 1.63. The zero-order chi connectivity index (χ0) is 13.0. The molecule has 18 heavy (non-hydrogen) atoms. The number of thiocarbonyl (C=S) groups is 1. The third kappa shape index (κ3) is 3.51. The number of pyridine rings is 1. The number of ether oxygens (including phenoxy) is 1. The molecule has 1 aromatic carbocycles. The Labute approximate surface area is 119 Å². The maximum Gasteiger partial charge on any atom is 0.123 e. The number of nitrogens with zero attached hydrogens (tertiary/aromatic N) is 1. The van der Waals surface area contributed by atoms with Gasteiger partial charge >= 0.3 is 0 Å². The number of benzene rings is 1. The summed E-state index contributed by atoms with van der Waals surface area (Å²) < 4.78 is 6.69. The zero-order valence-corrected chi connectivity index (χ0v) is 11.9. The standard InChI is InChI=1S/C13H11BrN2OS/c14-10-3-1-2-9(6-10)8-17-11-4-5-16-12(7-11)13(15)18/h1-7H,8H2,(H2,15,18). The van der Waals surface area contributed by atoms with E-state index in [1.54, 1.807) is 18.3 Å². The summed E-state index contributed by atoms with van der Waals surface area (Å²) >= 11 is 8.29. The van der Waals surface area contributed by atoms with Crippen LogP contribution in [-0.4, -0.2) is 9.97 Å². The minimum Gasteiger partial charge on any atom is -0.489 e. The lowest BCUT2D eigenvalue weighted by atomic mass is 10.2. The van der Waals surface area contributed by atoms with Crippen molar-refractivity contribution in [2.24, 2.45) is 5.73 Å². The van der Waals surface area contributed by atoms with E-state index in [1.165, 1.54) is 0 Å². The molecule has 0 fully saturated rings. The average molecular weight is 323 g/mol. The maximum absolute atomic E-state index is 5.66. The number of rotatable bonds is 4. The van der Waals surface area contributed by atoms with E-state index in [9.17, 15) is 0 Å². The fraction of sp³-hybridized carbons (Fsp3) is 0.0769. The Hall–Kier alpha value is -1.46. The van der Waals surface area contributed by atoms with Gasteiger partial charge < -0.3 is 10.5 Å². The summed E-state index contributed by atoms with van der Waals surface area (Å²) in [5.74, 6) is 0.702. The van der Waals surface area contributed by atoms with Crippen molar-refractivity contribution in [1.82, 2.24) is 4.98 Å². The van der Waals surface area contributed by atoms with Gasteiger partial charge in [0.15, 0.2) is 0 Å². The highest BCUT2D eigenvalue weighted by molar-refractivity contribution is 9.10. The van der Waals surface area contributed by atoms with Gasteiger partial charge in [-0.1, -0.05) is 40.3 Å². The summed E-state index contributed by atoms with van der Waals surface area (Å²) in [5, 5.41) is 0. The molecule has 0 saturated carbocycles. The second-order valence-electron chi connectivity index (χ2n) is 3.66. The summed E-state index contributed by atoms with van der Waals surface area (Å²) in [6.45, 7) is 0.486. The molecule has 2 rings (SSSR count). The van der Waals surface area contributed by atoms with Crippen molar-refractivity contribution in [2.45, 2.75) is 6.61 Å². The van der Waals surface area contributed by atoms with Crippen LogP contribution in [0.5, 0.6) is 5.75 Å². The van der Waals surface area contributed by atoms with Gasteiger partial charge in [0.25, 0.3) is 0 Å². The fourth-order valence-electron chi connectivity index (χ4n) is 1.43. The molecule has 0 radical (unpaired) electrons. The van der Waals surface area contributed by atoms with Gasteiger partial charge in [0.2, 0.25) is 0 Å². The first-order valence-electron chi connectivity index (χ1n) is 5.28. The third-order valence-electron chi connectivity index (χ3n) is 2.28. The molecular weight excluding hydrogens is 312 g/mol. The van der Waals surface area contributed by atoms with E-state index in [1.807, 2.05) is 24.3 Å². The van der Waals surface area contributed by atoms with Crippen LogP contribution in [0.4, 0.5) is 0 Å². The van der Waals surface area contributed by atoms with Gasteiger partial charge in [-0.3, -0.25) is 4.98 Å². The molecule has 0 bridgehead atoms. The lowest BCUT2D eigenvalue weighted by Crippen LogP contribution is -2.11. The largest absolute Gasteiger partial charge is 0.489 e. The molecule has 3 nitrogen and oxygen atoms in total. The molecular formula is C13H11BrN2OS. The van der Waals surface area contributed by atoms with Gasteiger partial charge in [-0.05, 0) is 23.8 Å². The van der Waals surface area contributed by atoms with E-state index in [4.69, 9.17) is 22.7 Å². The molecule has 2 N–H and O–H groups in total.